The molecule has 1 aromatic heterocycles. The minimum absolute atomic E-state index is 0.0261. The first-order valence-corrected chi connectivity index (χ1v) is 12.0. The highest BCUT2D eigenvalue weighted by Gasteiger charge is 2.01. The molecule has 0 saturated carbocycles. The van der Waals surface area contributed by atoms with Gasteiger partial charge in [-0.25, -0.2) is 0 Å². The summed E-state index contributed by atoms with van der Waals surface area (Å²) in [4.78, 5) is 33.0. The summed E-state index contributed by atoms with van der Waals surface area (Å²) in [7, 11) is 0. The number of ether oxygens (including phenoxy) is 3. The zero-order valence-electron chi connectivity index (χ0n) is 21.0. The molecule has 0 bridgehead atoms. The second-order valence-electron chi connectivity index (χ2n) is 7.60. The Balaban J connectivity index is 0.00000131. The van der Waals surface area contributed by atoms with Gasteiger partial charge in [-0.3, -0.25) is 9.59 Å². The average molecular weight is 486 g/mol. The van der Waals surface area contributed by atoms with Gasteiger partial charge < -0.3 is 29.6 Å². The summed E-state index contributed by atoms with van der Waals surface area (Å²) in [5.41, 5.74) is 1.01. The Bertz CT molecular complexity index is 627. The molecule has 1 heterocycles. The van der Waals surface area contributed by atoms with Gasteiger partial charge in [0.2, 0.25) is 11.8 Å². The van der Waals surface area contributed by atoms with Gasteiger partial charge in [0.05, 0.1) is 38.3 Å². The number of aryl methyl sites for hydroxylation is 1. The highest BCUT2D eigenvalue weighted by Crippen LogP contribution is 2.00. The summed E-state index contributed by atoms with van der Waals surface area (Å²) in [5, 5.41) is 15.5. The Hall–Kier alpha value is -2.37. The lowest BCUT2D eigenvalue weighted by molar-refractivity contribution is -0.122. The van der Waals surface area contributed by atoms with Gasteiger partial charge in [-0.2, -0.15) is 15.4 Å². The van der Waals surface area contributed by atoms with Crippen molar-refractivity contribution in [3.8, 4) is 0 Å². The number of amides is 2. The fraction of sp³-hybridized carbons (Fsp3) is 0.783. The van der Waals surface area contributed by atoms with E-state index in [-0.39, 0.29) is 17.6 Å². The van der Waals surface area contributed by atoms with Crippen molar-refractivity contribution in [1.29, 1.82) is 0 Å². The summed E-state index contributed by atoms with van der Waals surface area (Å²) in [6.45, 7) is 9.57. The molecule has 0 unspecified atom stereocenters. The van der Waals surface area contributed by atoms with Crippen molar-refractivity contribution in [2.24, 2.45) is 0 Å². The van der Waals surface area contributed by atoms with Crippen molar-refractivity contribution in [2.75, 3.05) is 52.7 Å². The first-order valence-electron chi connectivity index (χ1n) is 12.0. The van der Waals surface area contributed by atoms with E-state index in [1.807, 2.05) is 6.92 Å². The van der Waals surface area contributed by atoms with Crippen LogP contribution in [0.15, 0.2) is 6.20 Å². The Morgan fingerprint density at radius 3 is 1.85 bits per heavy atom. The number of unbranched alkanes of at least 4 members (excludes halogenated alkanes) is 1. The van der Waals surface area contributed by atoms with Crippen LogP contribution in [0.4, 0.5) is 0 Å². The van der Waals surface area contributed by atoms with Gasteiger partial charge in [0, 0.05) is 46.1 Å². The normalized spacial score (nSPS) is 10.3. The summed E-state index contributed by atoms with van der Waals surface area (Å²) in [6, 6.07) is 0. The molecule has 11 heteroatoms. The van der Waals surface area contributed by atoms with Gasteiger partial charge in [-0.05, 0) is 39.0 Å². The number of rotatable bonds is 20. The second kappa shape index (κ2) is 23.8. The third kappa shape index (κ3) is 24.3. The second-order valence-corrected chi connectivity index (χ2v) is 7.60. The third-order valence-electron chi connectivity index (χ3n) is 4.38. The predicted octanol–water partition coefficient (Wildman–Crippen LogP) is 1.59. The fourth-order valence-corrected chi connectivity index (χ4v) is 2.53. The third-order valence-corrected chi connectivity index (χ3v) is 4.38. The van der Waals surface area contributed by atoms with Crippen LogP contribution in [0.5, 0.6) is 0 Å². The minimum Gasteiger partial charge on any atom is -0.379 e. The van der Waals surface area contributed by atoms with Crippen molar-refractivity contribution in [1.82, 2.24) is 26.0 Å². The molecular weight excluding hydrogens is 442 g/mol. The molecule has 3 N–H and O–H groups in total. The molecule has 0 radical (unpaired) electrons. The lowest BCUT2D eigenvalue weighted by Gasteiger charge is -2.08. The first-order chi connectivity index (χ1) is 16.5. The average Bonchev–Trinajstić information content (AvgIpc) is 3.33. The van der Waals surface area contributed by atoms with Crippen LogP contribution in [0.2, 0.25) is 0 Å². The standard InChI is InChI=1S/C19H36N2O6.C4H7N3/c1-17(22)7-3-4-8-19(24)21-10-6-12-26-14-16-27-15-13-25-11-5-9-20-18(2)23;1-2-4-3-5-7-6-4/h3-16H2,1-2H3,(H,20,23)(H,21,24);3H,2H2,1H3,(H,5,6,7). The highest BCUT2D eigenvalue weighted by atomic mass is 16.5. The molecule has 0 saturated heterocycles. The van der Waals surface area contributed by atoms with Gasteiger partial charge >= 0.3 is 0 Å². The molecule has 2 amide bonds. The van der Waals surface area contributed by atoms with E-state index in [0.29, 0.717) is 65.6 Å². The van der Waals surface area contributed by atoms with Crippen LogP contribution >= 0.6 is 0 Å². The predicted molar refractivity (Wildman–Crippen MR) is 128 cm³/mol. The number of hydrogen-bond donors (Lipinski definition) is 3. The Morgan fingerprint density at radius 1 is 0.824 bits per heavy atom. The number of aromatic amines is 1. The fourth-order valence-electron chi connectivity index (χ4n) is 2.53. The van der Waals surface area contributed by atoms with E-state index >= 15 is 0 Å². The molecule has 0 aromatic carbocycles. The van der Waals surface area contributed by atoms with E-state index < -0.39 is 0 Å². The molecule has 0 aliphatic rings. The first kappa shape index (κ1) is 31.6. The van der Waals surface area contributed by atoms with Gasteiger partial charge in [-0.15, -0.1) is 0 Å². The zero-order chi connectivity index (χ0) is 25.3. The molecule has 0 aliphatic heterocycles. The van der Waals surface area contributed by atoms with Crippen LogP contribution in [0, 0.1) is 0 Å². The number of carbonyl (C=O) groups is 3. The molecule has 0 spiro atoms. The SMILES string of the molecule is CC(=O)CCCCC(=O)NCCCOCCOCCOCCCNC(C)=O.CCc1cn[nH]n1. The Kier molecular flexibility index (Phi) is 22.1. The van der Waals surface area contributed by atoms with Crippen molar-refractivity contribution in [3.05, 3.63) is 11.9 Å². The summed E-state index contributed by atoms with van der Waals surface area (Å²) in [6.07, 6.45) is 6.77. The maximum absolute atomic E-state index is 11.5. The molecule has 1 aromatic rings. The molecular formula is C23H43N5O6. The van der Waals surface area contributed by atoms with Gasteiger partial charge in [0.25, 0.3) is 0 Å². The maximum atomic E-state index is 11.5. The highest BCUT2D eigenvalue weighted by molar-refractivity contribution is 5.76. The number of nitrogens with zero attached hydrogens (tertiary/aromatic N) is 2. The van der Waals surface area contributed by atoms with Crippen molar-refractivity contribution in [3.63, 3.8) is 0 Å². The van der Waals surface area contributed by atoms with E-state index in [9.17, 15) is 14.4 Å². The molecule has 0 aliphatic carbocycles. The minimum atomic E-state index is -0.0261. The van der Waals surface area contributed by atoms with E-state index in [0.717, 1.165) is 37.8 Å². The smallest absolute Gasteiger partial charge is 0.219 e. The topological polar surface area (TPSA) is 145 Å². The van der Waals surface area contributed by atoms with Gasteiger partial charge in [0.15, 0.2) is 0 Å². The number of H-pyrrole nitrogens is 1. The van der Waals surface area contributed by atoms with E-state index in [4.69, 9.17) is 14.2 Å². The summed E-state index contributed by atoms with van der Waals surface area (Å²) >= 11 is 0. The number of Topliss-reactive ketones (excluding diaryl/α,β-unsaturated/α-hetero) is 1. The number of aromatic nitrogens is 3. The van der Waals surface area contributed by atoms with E-state index in [1.54, 1.807) is 13.1 Å². The van der Waals surface area contributed by atoms with Crippen LogP contribution < -0.4 is 10.6 Å². The number of carbonyl (C=O) groups excluding carboxylic acids is 3. The van der Waals surface area contributed by atoms with Gasteiger partial charge in [0.1, 0.15) is 5.78 Å². The Labute approximate surface area is 203 Å². The molecule has 34 heavy (non-hydrogen) atoms. The number of hydrogen-bond acceptors (Lipinski definition) is 8. The van der Waals surface area contributed by atoms with Crippen LogP contribution in [0.1, 0.15) is 65.0 Å². The number of nitrogens with one attached hydrogen (secondary N) is 3. The Morgan fingerprint density at radius 2 is 1.38 bits per heavy atom. The molecule has 1 rings (SSSR count). The molecule has 196 valence electrons. The maximum Gasteiger partial charge on any atom is 0.219 e. The number of ketones is 1. The summed E-state index contributed by atoms with van der Waals surface area (Å²) in [5.74, 6) is 0.170. The van der Waals surface area contributed by atoms with Gasteiger partial charge in [-0.1, -0.05) is 6.92 Å². The molecule has 11 nitrogen and oxygen atoms in total. The molecule has 0 fully saturated rings. The lowest BCUT2D eigenvalue weighted by Crippen LogP contribution is -2.25. The quantitative estimate of drug-likeness (QED) is 0.236. The lowest BCUT2D eigenvalue weighted by atomic mass is 10.1. The van der Waals surface area contributed by atoms with E-state index in [2.05, 4.69) is 26.0 Å². The summed E-state index contributed by atoms with van der Waals surface area (Å²) < 4.78 is 16.2. The van der Waals surface area contributed by atoms with Crippen LogP contribution in [0.25, 0.3) is 0 Å². The largest absolute Gasteiger partial charge is 0.379 e. The van der Waals surface area contributed by atoms with Crippen molar-refractivity contribution >= 4 is 17.6 Å². The molecule has 0 atom stereocenters. The van der Waals surface area contributed by atoms with E-state index in [1.165, 1.54) is 6.92 Å². The van der Waals surface area contributed by atoms with Crippen LogP contribution in [-0.4, -0.2) is 85.7 Å². The monoisotopic (exact) mass is 485 g/mol. The van der Waals surface area contributed by atoms with Crippen LogP contribution in [-0.2, 0) is 35.0 Å². The van der Waals surface area contributed by atoms with Crippen molar-refractivity contribution < 1.29 is 28.6 Å². The van der Waals surface area contributed by atoms with Crippen LogP contribution in [0.3, 0.4) is 0 Å². The zero-order valence-corrected chi connectivity index (χ0v) is 21.0. The van der Waals surface area contributed by atoms with Crippen molar-refractivity contribution in [2.45, 2.75) is 65.7 Å².